The number of nitrogens with zero attached hydrogens (tertiary/aromatic N) is 1. The molecule has 0 saturated heterocycles. The van der Waals surface area contributed by atoms with Crippen molar-refractivity contribution in [2.45, 2.75) is 65.1 Å². The number of phenolic OH excluding ortho intramolecular Hbond substituents is 1. The number of nitrogens with one attached hydrogen (secondary N) is 2. The van der Waals surface area contributed by atoms with Crippen LogP contribution in [0.5, 0.6) is 5.75 Å². The summed E-state index contributed by atoms with van der Waals surface area (Å²) >= 11 is 0. The molecule has 10 nitrogen and oxygen atoms in total. The van der Waals surface area contributed by atoms with Gasteiger partial charge in [0.25, 0.3) is 0 Å². The van der Waals surface area contributed by atoms with E-state index in [1.807, 2.05) is 30.3 Å². The molecule has 10 heteroatoms. The highest BCUT2D eigenvalue weighted by molar-refractivity contribution is 5.92. The molecule has 39 heavy (non-hydrogen) atoms. The fourth-order valence-electron chi connectivity index (χ4n) is 3.92. The third kappa shape index (κ3) is 9.63. The molecule has 0 aromatic heterocycles. The highest BCUT2D eigenvalue weighted by atomic mass is 16.6. The molecule has 2 rings (SSSR count). The second-order valence-corrected chi connectivity index (χ2v) is 10.1. The van der Waals surface area contributed by atoms with Gasteiger partial charge in [0.15, 0.2) is 0 Å². The van der Waals surface area contributed by atoms with Crippen molar-refractivity contribution < 1.29 is 33.8 Å². The van der Waals surface area contributed by atoms with Gasteiger partial charge in [-0.2, -0.15) is 0 Å². The SMILES string of the molecule is CCOC(=O)CCNC(=O)C(c1cccc(C)c1O)N(C)C(=O)C(Cc1ccccc1)NC(=O)OC(C)(C)C. The van der Waals surface area contributed by atoms with Crippen LogP contribution in [0.15, 0.2) is 48.5 Å². The zero-order valence-electron chi connectivity index (χ0n) is 23.4. The molecule has 2 aromatic rings. The van der Waals surface area contributed by atoms with Gasteiger partial charge in [-0.05, 0) is 45.7 Å². The molecular formula is C29H39N3O7. The number of aryl methyl sites for hydroxylation is 1. The van der Waals surface area contributed by atoms with E-state index in [-0.39, 0.29) is 37.3 Å². The topological polar surface area (TPSA) is 134 Å². The minimum Gasteiger partial charge on any atom is -0.507 e. The molecule has 0 aliphatic heterocycles. The summed E-state index contributed by atoms with van der Waals surface area (Å²) in [5, 5.41) is 16.1. The van der Waals surface area contributed by atoms with E-state index in [0.29, 0.717) is 5.56 Å². The van der Waals surface area contributed by atoms with Crippen molar-refractivity contribution in [2.75, 3.05) is 20.2 Å². The van der Waals surface area contributed by atoms with Crippen LogP contribution in [0.1, 0.15) is 56.8 Å². The normalized spacial score (nSPS) is 12.6. The van der Waals surface area contributed by atoms with Crippen LogP contribution in [-0.4, -0.2) is 65.7 Å². The van der Waals surface area contributed by atoms with Gasteiger partial charge in [-0.3, -0.25) is 14.4 Å². The van der Waals surface area contributed by atoms with Crippen LogP contribution in [0.25, 0.3) is 0 Å². The van der Waals surface area contributed by atoms with E-state index in [0.717, 1.165) is 5.56 Å². The Bertz CT molecular complexity index is 1150. The maximum absolute atomic E-state index is 13.9. The van der Waals surface area contributed by atoms with Crippen LogP contribution in [-0.2, 0) is 30.3 Å². The first kappa shape index (κ1) is 31.1. The number of esters is 1. The summed E-state index contributed by atoms with van der Waals surface area (Å²) < 4.78 is 10.3. The van der Waals surface area contributed by atoms with Gasteiger partial charge in [-0.25, -0.2) is 4.79 Å². The van der Waals surface area contributed by atoms with E-state index in [9.17, 15) is 24.3 Å². The Labute approximate surface area is 229 Å². The number of ether oxygens (including phenoxy) is 2. The predicted molar refractivity (Wildman–Crippen MR) is 146 cm³/mol. The lowest BCUT2D eigenvalue weighted by Crippen LogP contribution is -2.52. The molecule has 2 unspecified atom stereocenters. The maximum Gasteiger partial charge on any atom is 0.408 e. The summed E-state index contributed by atoms with van der Waals surface area (Å²) in [6.45, 7) is 8.70. The summed E-state index contributed by atoms with van der Waals surface area (Å²) in [4.78, 5) is 52.8. The Kier molecular flexibility index (Phi) is 11.3. The number of amides is 3. The Morgan fingerprint density at radius 1 is 1.03 bits per heavy atom. The van der Waals surface area contributed by atoms with Gasteiger partial charge >= 0.3 is 12.1 Å². The van der Waals surface area contributed by atoms with E-state index < -0.39 is 41.6 Å². The average molecular weight is 542 g/mol. The van der Waals surface area contributed by atoms with E-state index in [2.05, 4.69) is 10.6 Å². The molecule has 0 spiro atoms. The van der Waals surface area contributed by atoms with Gasteiger partial charge in [0.1, 0.15) is 23.4 Å². The highest BCUT2D eigenvalue weighted by Gasteiger charge is 2.35. The third-order valence-corrected chi connectivity index (χ3v) is 5.75. The number of hydrogen-bond acceptors (Lipinski definition) is 7. The molecule has 3 N–H and O–H groups in total. The monoisotopic (exact) mass is 541 g/mol. The Hall–Kier alpha value is -4.08. The summed E-state index contributed by atoms with van der Waals surface area (Å²) in [6.07, 6.45) is -0.695. The number of carbonyl (C=O) groups excluding carboxylic acids is 4. The van der Waals surface area contributed by atoms with Crippen molar-refractivity contribution in [3.05, 3.63) is 65.2 Å². The van der Waals surface area contributed by atoms with Crippen molar-refractivity contribution >= 4 is 23.9 Å². The second kappa shape index (κ2) is 14.2. The van der Waals surface area contributed by atoms with Crippen LogP contribution >= 0.6 is 0 Å². The minimum atomic E-state index is -1.25. The molecule has 0 aliphatic carbocycles. The van der Waals surface area contributed by atoms with Crippen LogP contribution in [0, 0.1) is 6.92 Å². The van der Waals surface area contributed by atoms with Crippen LogP contribution in [0.4, 0.5) is 4.79 Å². The van der Waals surface area contributed by atoms with Crippen molar-refractivity contribution in [1.82, 2.24) is 15.5 Å². The molecular weight excluding hydrogens is 502 g/mol. The summed E-state index contributed by atoms with van der Waals surface area (Å²) in [7, 11) is 1.43. The quantitative estimate of drug-likeness (QED) is 0.371. The van der Waals surface area contributed by atoms with Crippen molar-refractivity contribution in [2.24, 2.45) is 0 Å². The number of para-hydroxylation sites is 1. The first-order valence-corrected chi connectivity index (χ1v) is 12.9. The number of benzene rings is 2. The fraction of sp³-hybridized carbons (Fsp3) is 0.448. The molecule has 3 amide bonds. The fourth-order valence-corrected chi connectivity index (χ4v) is 3.92. The van der Waals surface area contributed by atoms with Crippen molar-refractivity contribution in [3.8, 4) is 5.75 Å². The number of rotatable bonds is 11. The zero-order chi connectivity index (χ0) is 29.2. The maximum atomic E-state index is 13.9. The highest BCUT2D eigenvalue weighted by Crippen LogP contribution is 2.31. The van der Waals surface area contributed by atoms with Gasteiger partial charge < -0.3 is 30.1 Å². The van der Waals surface area contributed by atoms with E-state index >= 15 is 0 Å². The Balaban J connectivity index is 2.39. The van der Waals surface area contributed by atoms with Gasteiger partial charge in [-0.15, -0.1) is 0 Å². The van der Waals surface area contributed by atoms with Gasteiger partial charge in [0.2, 0.25) is 11.8 Å². The van der Waals surface area contributed by atoms with Crippen LogP contribution < -0.4 is 10.6 Å². The van der Waals surface area contributed by atoms with Crippen LogP contribution in [0.3, 0.4) is 0 Å². The van der Waals surface area contributed by atoms with Crippen molar-refractivity contribution in [1.29, 1.82) is 0 Å². The molecule has 0 radical (unpaired) electrons. The third-order valence-electron chi connectivity index (χ3n) is 5.75. The van der Waals surface area contributed by atoms with Gasteiger partial charge in [0, 0.05) is 25.6 Å². The second-order valence-electron chi connectivity index (χ2n) is 10.1. The smallest absolute Gasteiger partial charge is 0.408 e. The number of alkyl carbamates (subject to hydrolysis) is 1. The predicted octanol–water partition coefficient (Wildman–Crippen LogP) is 3.41. The number of phenols is 1. The summed E-state index contributed by atoms with van der Waals surface area (Å²) in [5.41, 5.74) is 0.722. The van der Waals surface area contributed by atoms with E-state index in [1.54, 1.807) is 52.8 Å². The lowest BCUT2D eigenvalue weighted by Gasteiger charge is -2.32. The number of aromatic hydroxyl groups is 1. The lowest BCUT2D eigenvalue weighted by atomic mass is 9.98. The zero-order valence-corrected chi connectivity index (χ0v) is 23.4. The van der Waals surface area contributed by atoms with Gasteiger partial charge in [-0.1, -0.05) is 48.5 Å². The summed E-state index contributed by atoms with van der Waals surface area (Å²) in [5.74, 6) is -1.79. The Morgan fingerprint density at radius 3 is 2.31 bits per heavy atom. The molecule has 0 saturated carbocycles. The minimum absolute atomic E-state index is 0.0215. The van der Waals surface area contributed by atoms with Crippen LogP contribution in [0.2, 0.25) is 0 Å². The van der Waals surface area contributed by atoms with Crippen molar-refractivity contribution in [3.63, 3.8) is 0 Å². The standard InChI is InChI=1S/C29H39N3O7/c1-7-38-23(33)16-17-30-26(35)24(21-15-11-12-19(2)25(21)34)32(6)27(36)22(18-20-13-9-8-10-14-20)31-28(37)39-29(3,4)5/h8-15,22,24,34H,7,16-18H2,1-6H3,(H,30,35)(H,31,37). The number of likely N-dealkylation sites (N-methyl/N-ethyl adjacent to an activating group) is 1. The first-order valence-electron chi connectivity index (χ1n) is 12.9. The Morgan fingerprint density at radius 2 is 1.69 bits per heavy atom. The molecule has 2 aromatic carbocycles. The molecule has 0 heterocycles. The van der Waals surface area contributed by atoms with E-state index in [4.69, 9.17) is 9.47 Å². The lowest BCUT2D eigenvalue weighted by molar-refractivity contribution is -0.143. The average Bonchev–Trinajstić information content (AvgIpc) is 2.85. The van der Waals surface area contributed by atoms with E-state index in [1.165, 1.54) is 11.9 Å². The molecule has 0 aliphatic rings. The largest absolute Gasteiger partial charge is 0.507 e. The summed E-state index contributed by atoms with van der Waals surface area (Å²) in [6, 6.07) is 11.7. The number of hydrogen-bond donors (Lipinski definition) is 3. The van der Waals surface area contributed by atoms with Gasteiger partial charge in [0.05, 0.1) is 13.0 Å². The molecule has 0 fully saturated rings. The molecule has 212 valence electrons. The molecule has 0 bridgehead atoms. The number of carbonyl (C=O) groups is 4. The first-order chi connectivity index (χ1) is 18.3. The molecule has 2 atom stereocenters.